The summed E-state index contributed by atoms with van der Waals surface area (Å²) in [4.78, 5) is 14.6. The van der Waals surface area contributed by atoms with E-state index in [9.17, 15) is 22.0 Å². The summed E-state index contributed by atoms with van der Waals surface area (Å²) in [6, 6.07) is 15.0. The van der Waals surface area contributed by atoms with Gasteiger partial charge in [0.15, 0.2) is 0 Å². The molecule has 1 atom stereocenters. The lowest BCUT2D eigenvalue weighted by Gasteiger charge is -2.40. The molecule has 3 aromatic carbocycles. The topological polar surface area (TPSA) is 69.7 Å². The van der Waals surface area contributed by atoms with E-state index in [2.05, 4.69) is 32.2 Å². The van der Waals surface area contributed by atoms with Crippen LogP contribution in [0, 0.1) is 18.6 Å². The maximum atomic E-state index is 14.5. The van der Waals surface area contributed by atoms with Crippen molar-refractivity contribution in [2.45, 2.75) is 24.8 Å². The lowest BCUT2D eigenvalue weighted by molar-refractivity contribution is 0.102. The number of piperazine rings is 1. The normalized spacial score (nSPS) is 16.8. The van der Waals surface area contributed by atoms with Gasteiger partial charge in [-0.1, -0.05) is 28.1 Å². The summed E-state index contributed by atoms with van der Waals surface area (Å²) in [5.74, 6) is -2.56. The second-order valence-electron chi connectivity index (χ2n) is 8.46. The van der Waals surface area contributed by atoms with Gasteiger partial charge < -0.3 is 10.2 Å². The zero-order valence-electron chi connectivity index (χ0n) is 19.1. The highest BCUT2D eigenvalue weighted by atomic mass is 79.9. The number of aryl methyl sites for hydroxylation is 1. The number of hydrogen-bond donors (Lipinski definition) is 1. The third-order valence-corrected chi connectivity index (χ3v) is 8.28. The van der Waals surface area contributed by atoms with Crippen molar-refractivity contribution in [3.63, 3.8) is 0 Å². The number of benzene rings is 3. The fraction of sp³-hybridized carbons (Fsp3) is 0.240. The standard InChI is InChI=1S/C25H24BrF2N3O3S/c1-16-4-3-5-19(12-16)31-11-10-30(15-17(31)2)35(33,34)20-7-8-22(27)21(14-20)25(32)29-24-9-6-18(26)13-23(24)28/h3-9,12-14,17H,10-11,15H2,1-2H3,(H,29,32)/t17-/m1/s1. The molecule has 1 amide bonds. The number of carbonyl (C=O) groups excluding carboxylic acids is 1. The van der Waals surface area contributed by atoms with Gasteiger partial charge in [-0.15, -0.1) is 0 Å². The fourth-order valence-corrected chi connectivity index (χ4v) is 5.97. The number of hydrogen-bond acceptors (Lipinski definition) is 4. The molecule has 35 heavy (non-hydrogen) atoms. The Kier molecular flexibility index (Phi) is 7.25. The number of halogens is 3. The molecule has 0 bridgehead atoms. The lowest BCUT2D eigenvalue weighted by atomic mass is 10.1. The number of nitrogens with zero attached hydrogens (tertiary/aromatic N) is 2. The van der Waals surface area contributed by atoms with Crippen LogP contribution in [0.15, 0.2) is 70.0 Å². The molecule has 1 aliphatic heterocycles. The van der Waals surface area contributed by atoms with Gasteiger partial charge in [0.05, 0.1) is 16.1 Å². The van der Waals surface area contributed by atoms with Crippen LogP contribution in [0.5, 0.6) is 0 Å². The van der Waals surface area contributed by atoms with E-state index >= 15 is 0 Å². The SMILES string of the molecule is Cc1cccc(N2CCN(S(=O)(=O)c3ccc(F)c(C(=O)Nc4ccc(Br)cc4F)c3)C[C@H]2C)c1. The van der Waals surface area contributed by atoms with E-state index in [0.29, 0.717) is 11.0 Å². The van der Waals surface area contributed by atoms with E-state index in [1.807, 2.05) is 32.0 Å². The zero-order chi connectivity index (χ0) is 25.3. The summed E-state index contributed by atoms with van der Waals surface area (Å²) in [6.45, 7) is 4.91. The molecule has 0 aliphatic carbocycles. The highest BCUT2D eigenvalue weighted by Gasteiger charge is 2.33. The molecule has 10 heteroatoms. The molecule has 1 N–H and O–H groups in total. The summed E-state index contributed by atoms with van der Waals surface area (Å²) in [7, 11) is -3.99. The first-order valence-corrected chi connectivity index (χ1v) is 13.2. The Hall–Kier alpha value is -2.82. The summed E-state index contributed by atoms with van der Waals surface area (Å²) >= 11 is 3.13. The van der Waals surface area contributed by atoms with E-state index in [1.54, 1.807) is 0 Å². The minimum absolute atomic E-state index is 0.0936. The molecular formula is C25H24BrF2N3O3S. The van der Waals surface area contributed by atoms with E-state index in [1.165, 1.54) is 16.4 Å². The maximum Gasteiger partial charge on any atom is 0.258 e. The van der Waals surface area contributed by atoms with Crippen molar-refractivity contribution >= 4 is 43.2 Å². The van der Waals surface area contributed by atoms with Crippen molar-refractivity contribution in [3.05, 3.63) is 87.9 Å². The number of anilines is 2. The number of amides is 1. The first-order chi connectivity index (χ1) is 16.6. The highest BCUT2D eigenvalue weighted by molar-refractivity contribution is 9.10. The van der Waals surface area contributed by atoms with E-state index in [0.717, 1.165) is 35.5 Å². The van der Waals surface area contributed by atoms with Gasteiger partial charge in [-0.25, -0.2) is 17.2 Å². The van der Waals surface area contributed by atoms with Crippen LogP contribution in [0.2, 0.25) is 0 Å². The number of carbonyl (C=O) groups is 1. The maximum absolute atomic E-state index is 14.5. The van der Waals surface area contributed by atoms with Crippen molar-refractivity contribution in [3.8, 4) is 0 Å². The zero-order valence-corrected chi connectivity index (χ0v) is 21.5. The van der Waals surface area contributed by atoms with E-state index in [4.69, 9.17) is 0 Å². The van der Waals surface area contributed by atoms with Crippen LogP contribution in [0.3, 0.4) is 0 Å². The Morgan fingerprint density at radius 2 is 1.80 bits per heavy atom. The Labute approximate surface area is 211 Å². The van der Waals surface area contributed by atoms with Crippen LogP contribution in [0.1, 0.15) is 22.8 Å². The minimum Gasteiger partial charge on any atom is -0.366 e. The molecule has 0 unspecified atom stereocenters. The lowest BCUT2D eigenvalue weighted by Crippen LogP contribution is -2.53. The smallest absolute Gasteiger partial charge is 0.258 e. The van der Waals surface area contributed by atoms with Crippen molar-refractivity contribution < 1.29 is 22.0 Å². The molecule has 4 rings (SSSR count). The molecule has 3 aromatic rings. The molecule has 1 aliphatic rings. The largest absolute Gasteiger partial charge is 0.366 e. The number of sulfonamides is 1. The van der Waals surface area contributed by atoms with Crippen LogP contribution >= 0.6 is 15.9 Å². The van der Waals surface area contributed by atoms with Crippen LogP contribution in [-0.4, -0.2) is 44.3 Å². The average Bonchev–Trinajstić information content (AvgIpc) is 2.81. The van der Waals surface area contributed by atoms with Gasteiger partial charge in [0.2, 0.25) is 10.0 Å². The molecular weight excluding hydrogens is 540 g/mol. The minimum atomic E-state index is -3.99. The van der Waals surface area contributed by atoms with Gasteiger partial charge in [0.1, 0.15) is 11.6 Å². The van der Waals surface area contributed by atoms with Crippen LogP contribution in [0.4, 0.5) is 20.2 Å². The summed E-state index contributed by atoms with van der Waals surface area (Å²) in [5, 5.41) is 2.30. The van der Waals surface area contributed by atoms with E-state index in [-0.39, 0.29) is 29.7 Å². The van der Waals surface area contributed by atoms with Gasteiger partial charge in [-0.2, -0.15) is 4.31 Å². The fourth-order valence-electron chi connectivity index (χ4n) is 4.10. The number of rotatable bonds is 5. The third kappa shape index (κ3) is 5.39. The number of nitrogens with one attached hydrogen (secondary N) is 1. The van der Waals surface area contributed by atoms with Crippen LogP contribution < -0.4 is 10.2 Å². The van der Waals surface area contributed by atoms with Crippen molar-refractivity contribution in [1.82, 2.24) is 4.31 Å². The Bertz CT molecular complexity index is 1380. The second-order valence-corrected chi connectivity index (χ2v) is 11.3. The molecule has 1 fully saturated rings. The summed E-state index contributed by atoms with van der Waals surface area (Å²) in [6.07, 6.45) is 0. The predicted octanol–water partition coefficient (Wildman–Crippen LogP) is 5.19. The van der Waals surface area contributed by atoms with Crippen molar-refractivity contribution in [2.75, 3.05) is 29.9 Å². The molecule has 0 saturated carbocycles. The average molecular weight is 564 g/mol. The molecule has 0 radical (unpaired) electrons. The summed E-state index contributed by atoms with van der Waals surface area (Å²) in [5.41, 5.74) is 1.51. The molecule has 0 aromatic heterocycles. The Morgan fingerprint density at radius 3 is 2.49 bits per heavy atom. The van der Waals surface area contributed by atoms with Gasteiger partial charge in [0, 0.05) is 35.8 Å². The van der Waals surface area contributed by atoms with Crippen molar-refractivity contribution in [2.24, 2.45) is 0 Å². The third-order valence-electron chi connectivity index (χ3n) is 5.92. The molecule has 1 saturated heterocycles. The van der Waals surface area contributed by atoms with Crippen molar-refractivity contribution in [1.29, 1.82) is 0 Å². The Morgan fingerprint density at radius 1 is 1.03 bits per heavy atom. The highest BCUT2D eigenvalue weighted by Crippen LogP contribution is 2.27. The summed E-state index contributed by atoms with van der Waals surface area (Å²) < 4.78 is 57.1. The molecule has 6 nitrogen and oxygen atoms in total. The Balaban J connectivity index is 1.55. The van der Waals surface area contributed by atoms with Crippen LogP contribution in [-0.2, 0) is 10.0 Å². The van der Waals surface area contributed by atoms with E-state index < -0.39 is 33.1 Å². The van der Waals surface area contributed by atoms with Gasteiger partial charge in [-0.3, -0.25) is 4.79 Å². The molecule has 0 spiro atoms. The second kappa shape index (κ2) is 10.0. The predicted molar refractivity (Wildman–Crippen MR) is 135 cm³/mol. The monoisotopic (exact) mass is 563 g/mol. The first-order valence-electron chi connectivity index (χ1n) is 11.0. The van der Waals surface area contributed by atoms with Gasteiger partial charge in [-0.05, 0) is 67.9 Å². The molecule has 184 valence electrons. The van der Waals surface area contributed by atoms with Gasteiger partial charge in [0.25, 0.3) is 5.91 Å². The molecule has 1 heterocycles. The quantitative estimate of drug-likeness (QED) is 0.464. The first kappa shape index (κ1) is 25.3. The van der Waals surface area contributed by atoms with Gasteiger partial charge >= 0.3 is 0 Å². The van der Waals surface area contributed by atoms with Crippen LogP contribution in [0.25, 0.3) is 0 Å².